The summed E-state index contributed by atoms with van der Waals surface area (Å²) in [5, 5.41) is 7.56. The lowest BCUT2D eigenvalue weighted by Gasteiger charge is -2.33. The third-order valence-electron chi connectivity index (χ3n) is 5.67. The van der Waals surface area contributed by atoms with Crippen LogP contribution in [0, 0.1) is 0 Å². The topological polar surface area (TPSA) is 62.6 Å². The van der Waals surface area contributed by atoms with Crippen molar-refractivity contribution in [1.29, 1.82) is 0 Å². The van der Waals surface area contributed by atoms with Gasteiger partial charge in [0.1, 0.15) is 6.10 Å². The first-order valence-electron chi connectivity index (χ1n) is 9.59. The average molecular weight is 347 g/mol. The number of aryl methyl sites for hydroxylation is 1. The fourth-order valence-corrected chi connectivity index (χ4v) is 4.10. The third kappa shape index (κ3) is 3.67. The van der Waals surface area contributed by atoms with Gasteiger partial charge >= 0.3 is 6.03 Å². The Kier molecular flexibility index (Phi) is 4.69. The summed E-state index contributed by atoms with van der Waals surface area (Å²) in [5.41, 5.74) is 1.05. The zero-order valence-electron chi connectivity index (χ0n) is 15.2. The number of nitrogens with one attached hydrogen (secondary N) is 1. The van der Waals surface area contributed by atoms with Crippen molar-refractivity contribution in [2.45, 2.75) is 63.9 Å². The van der Waals surface area contributed by atoms with Crippen molar-refractivity contribution >= 4 is 6.03 Å². The minimum atomic E-state index is -0.0785. The van der Waals surface area contributed by atoms with Gasteiger partial charge in [-0.05, 0) is 33.1 Å². The van der Waals surface area contributed by atoms with Crippen molar-refractivity contribution < 1.29 is 9.53 Å². The summed E-state index contributed by atoms with van der Waals surface area (Å²) in [7, 11) is 0. The van der Waals surface area contributed by atoms with Gasteiger partial charge in [-0.3, -0.25) is 9.58 Å². The number of hydrogen-bond donors (Lipinski definition) is 1. The number of hydrogen-bond acceptors (Lipinski definition) is 4. The summed E-state index contributed by atoms with van der Waals surface area (Å²) in [6.45, 7) is 7.99. The molecule has 0 unspecified atom stereocenters. The monoisotopic (exact) mass is 347 g/mol. The van der Waals surface area contributed by atoms with E-state index in [-0.39, 0.29) is 18.2 Å². The van der Waals surface area contributed by atoms with Gasteiger partial charge in [0.2, 0.25) is 0 Å². The van der Waals surface area contributed by atoms with E-state index in [1.54, 1.807) is 0 Å². The Labute approximate surface area is 149 Å². The first kappa shape index (κ1) is 16.8. The number of morpholine rings is 1. The SMILES string of the molecule is CCn1cc([C@@H]2CN(C(=O)N[C@@H]3C[C@@H](C)N(C4CC4)C3)CCO2)cn1. The normalized spacial score (nSPS) is 30.6. The fraction of sp³-hybridized carbons (Fsp3) is 0.778. The maximum atomic E-state index is 12.7. The van der Waals surface area contributed by atoms with Crippen LogP contribution in [-0.4, -0.2) is 70.0 Å². The highest BCUT2D eigenvalue weighted by atomic mass is 16.5. The summed E-state index contributed by atoms with van der Waals surface area (Å²) < 4.78 is 7.76. The maximum Gasteiger partial charge on any atom is 0.317 e. The highest BCUT2D eigenvalue weighted by Gasteiger charge is 2.39. The molecule has 0 spiro atoms. The molecule has 1 aromatic rings. The molecule has 0 bridgehead atoms. The molecule has 1 aromatic heterocycles. The van der Waals surface area contributed by atoms with Crippen LogP contribution in [0.4, 0.5) is 4.79 Å². The van der Waals surface area contributed by atoms with Crippen molar-refractivity contribution in [1.82, 2.24) is 24.9 Å². The Bertz CT molecular complexity index is 614. The molecular formula is C18H29N5O2. The molecule has 3 heterocycles. The second-order valence-corrected chi connectivity index (χ2v) is 7.59. The molecule has 7 nitrogen and oxygen atoms in total. The van der Waals surface area contributed by atoms with E-state index in [0.717, 1.165) is 31.1 Å². The molecule has 3 fully saturated rings. The van der Waals surface area contributed by atoms with E-state index in [0.29, 0.717) is 25.7 Å². The van der Waals surface area contributed by atoms with Gasteiger partial charge in [-0.2, -0.15) is 5.10 Å². The predicted molar refractivity (Wildman–Crippen MR) is 94.3 cm³/mol. The Morgan fingerprint density at radius 3 is 2.96 bits per heavy atom. The van der Waals surface area contributed by atoms with E-state index in [1.807, 2.05) is 22.0 Å². The maximum absolute atomic E-state index is 12.7. The van der Waals surface area contributed by atoms with E-state index in [9.17, 15) is 4.79 Å². The predicted octanol–water partition coefficient (Wildman–Crippen LogP) is 1.61. The van der Waals surface area contributed by atoms with Gasteiger partial charge in [0.05, 0.1) is 19.3 Å². The zero-order chi connectivity index (χ0) is 17.4. The number of rotatable bonds is 4. The fourth-order valence-electron chi connectivity index (χ4n) is 4.10. The average Bonchev–Trinajstić information content (AvgIpc) is 3.23. The van der Waals surface area contributed by atoms with Gasteiger partial charge in [0, 0.05) is 49.5 Å². The summed E-state index contributed by atoms with van der Waals surface area (Å²) in [6.07, 6.45) is 7.48. The highest BCUT2D eigenvalue weighted by molar-refractivity contribution is 5.74. The number of carbonyl (C=O) groups excluding carboxylic acids is 1. The van der Waals surface area contributed by atoms with Crippen LogP contribution in [0.2, 0.25) is 0 Å². The van der Waals surface area contributed by atoms with Crippen LogP contribution in [0.1, 0.15) is 44.8 Å². The molecule has 25 heavy (non-hydrogen) atoms. The second-order valence-electron chi connectivity index (χ2n) is 7.59. The first-order valence-corrected chi connectivity index (χ1v) is 9.59. The van der Waals surface area contributed by atoms with Gasteiger partial charge in [-0.15, -0.1) is 0 Å². The minimum Gasteiger partial charge on any atom is -0.370 e. The Balaban J connectivity index is 1.32. The summed E-state index contributed by atoms with van der Waals surface area (Å²) >= 11 is 0. The number of amides is 2. The molecule has 0 aromatic carbocycles. The molecule has 1 N–H and O–H groups in total. The minimum absolute atomic E-state index is 0.0473. The van der Waals surface area contributed by atoms with E-state index >= 15 is 0 Å². The molecule has 3 aliphatic rings. The molecule has 2 aliphatic heterocycles. The zero-order valence-corrected chi connectivity index (χ0v) is 15.2. The molecule has 4 rings (SSSR count). The van der Waals surface area contributed by atoms with Gasteiger partial charge in [0.25, 0.3) is 0 Å². The molecule has 138 valence electrons. The largest absolute Gasteiger partial charge is 0.370 e. The van der Waals surface area contributed by atoms with Crippen LogP contribution in [0.3, 0.4) is 0 Å². The number of likely N-dealkylation sites (tertiary alicyclic amines) is 1. The standard InChI is InChI=1S/C18H29N5O2/c1-3-22-10-14(9-19-22)17-12-21(6-7-25-17)18(24)20-15-8-13(2)23(11-15)16-4-5-16/h9-10,13,15-17H,3-8,11-12H2,1-2H3,(H,20,24)/t13-,15-,17+/m1/s1. The number of urea groups is 1. The third-order valence-corrected chi connectivity index (χ3v) is 5.67. The Hall–Kier alpha value is -1.60. The molecule has 1 aliphatic carbocycles. The van der Waals surface area contributed by atoms with E-state index in [2.05, 4.69) is 29.2 Å². The van der Waals surface area contributed by atoms with Crippen LogP contribution in [0.5, 0.6) is 0 Å². The number of ether oxygens (including phenoxy) is 1. The van der Waals surface area contributed by atoms with Crippen LogP contribution in [0.15, 0.2) is 12.4 Å². The van der Waals surface area contributed by atoms with Crippen molar-refractivity contribution in [2.24, 2.45) is 0 Å². The van der Waals surface area contributed by atoms with Crippen LogP contribution >= 0.6 is 0 Å². The molecule has 3 atom stereocenters. The van der Waals surface area contributed by atoms with E-state index < -0.39 is 0 Å². The van der Waals surface area contributed by atoms with Crippen molar-refractivity contribution in [3.63, 3.8) is 0 Å². The van der Waals surface area contributed by atoms with Crippen LogP contribution in [-0.2, 0) is 11.3 Å². The molecule has 0 radical (unpaired) electrons. The quantitative estimate of drug-likeness (QED) is 0.899. The molecule has 2 amide bonds. The van der Waals surface area contributed by atoms with Gasteiger partial charge in [-0.1, -0.05) is 0 Å². The number of aromatic nitrogens is 2. The van der Waals surface area contributed by atoms with Gasteiger partial charge in [-0.25, -0.2) is 4.79 Å². The van der Waals surface area contributed by atoms with Gasteiger partial charge < -0.3 is 15.0 Å². The van der Waals surface area contributed by atoms with E-state index in [1.165, 1.54) is 12.8 Å². The smallest absolute Gasteiger partial charge is 0.317 e. The Morgan fingerprint density at radius 1 is 1.40 bits per heavy atom. The van der Waals surface area contributed by atoms with Crippen molar-refractivity contribution in [3.05, 3.63) is 18.0 Å². The number of carbonyl (C=O) groups is 1. The van der Waals surface area contributed by atoms with Crippen LogP contribution < -0.4 is 5.32 Å². The second kappa shape index (κ2) is 6.96. The summed E-state index contributed by atoms with van der Waals surface area (Å²) in [6, 6.07) is 1.66. The van der Waals surface area contributed by atoms with Crippen LogP contribution in [0.25, 0.3) is 0 Å². The summed E-state index contributed by atoms with van der Waals surface area (Å²) in [5.74, 6) is 0. The van der Waals surface area contributed by atoms with Crippen molar-refractivity contribution in [3.8, 4) is 0 Å². The molecule has 2 saturated heterocycles. The molecule has 1 saturated carbocycles. The lowest BCUT2D eigenvalue weighted by molar-refractivity contribution is -0.0158. The Morgan fingerprint density at radius 2 is 2.24 bits per heavy atom. The lowest BCUT2D eigenvalue weighted by atomic mass is 10.1. The molecular weight excluding hydrogens is 318 g/mol. The first-order chi connectivity index (χ1) is 12.1. The van der Waals surface area contributed by atoms with E-state index in [4.69, 9.17) is 4.74 Å². The highest BCUT2D eigenvalue weighted by Crippen LogP contribution is 2.33. The van der Waals surface area contributed by atoms with Gasteiger partial charge in [0.15, 0.2) is 0 Å². The molecule has 7 heteroatoms. The van der Waals surface area contributed by atoms with Crippen molar-refractivity contribution in [2.75, 3.05) is 26.2 Å². The number of nitrogens with zero attached hydrogens (tertiary/aromatic N) is 4. The lowest BCUT2D eigenvalue weighted by Crippen LogP contribution is -2.50. The summed E-state index contributed by atoms with van der Waals surface area (Å²) in [4.78, 5) is 17.2.